The Bertz CT molecular complexity index is 516. The van der Waals surface area contributed by atoms with Gasteiger partial charge in [0, 0.05) is 29.4 Å². The van der Waals surface area contributed by atoms with Crippen LogP contribution in [0.5, 0.6) is 0 Å². The Morgan fingerprint density at radius 1 is 1.21 bits per heavy atom. The lowest BCUT2D eigenvalue weighted by atomic mass is 10.2. The average molecular weight is 258 g/mol. The van der Waals surface area contributed by atoms with E-state index in [0.29, 0.717) is 12.1 Å². The summed E-state index contributed by atoms with van der Waals surface area (Å²) in [5.74, 6) is -0.0450. The molecule has 2 rings (SSSR count). The zero-order chi connectivity index (χ0) is 13.7. The molecule has 4 heteroatoms. The third-order valence-corrected chi connectivity index (χ3v) is 2.64. The van der Waals surface area contributed by atoms with E-state index in [0.717, 1.165) is 11.3 Å². The van der Waals surface area contributed by atoms with Gasteiger partial charge in [-0.05, 0) is 44.2 Å². The van der Waals surface area contributed by atoms with Crippen molar-refractivity contribution in [1.82, 2.24) is 5.32 Å². The van der Waals surface area contributed by atoms with Gasteiger partial charge < -0.3 is 15.1 Å². The van der Waals surface area contributed by atoms with Crippen molar-refractivity contribution in [2.45, 2.75) is 26.4 Å². The predicted octanol–water partition coefficient (Wildman–Crippen LogP) is 3.03. The maximum Gasteiger partial charge on any atom is 0.251 e. The summed E-state index contributed by atoms with van der Waals surface area (Å²) in [6.07, 6.45) is 3.35. The summed E-state index contributed by atoms with van der Waals surface area (Å²) in [4.78, 5) is 11.8. The number of hydrogen-bond acceptors (Lipinski definition) is 3. The SMILES string of the molecule is CC(C)NC(=O)c1ccc(NCc2ccoc2)cc1. The molecule has 0 saturated carbocycles. The Balaban J connectivity index is 1.92. The number of anilines is 1. The number of carbonyl (C=O) groups excluding carboxylic acids is 1. The van der Waals surface area contributed by atoms with E-state index in [9.17, 15) is 4.79 Å². The van der Waals surface area contributed by atoms with Gasteiger partial charge >= 0.3 is 0 Å². The van der Waals surface area contributed by atoms with Crippen LogP contribution in [0.3, 0.4) is 0 Å². The van der Waals surface area contributed by atoms with Crippen molar-refractivity contribution in [3.05, 3.63) is 54.0 Å². The van der Waals surface area contributed by atoms with Crippen molar-refractivity contribution >= 4 is 11.6 Å². The van der Waals surface area contributed by atoms with Gasteiger partial charge in [0.15, 0.2) is 0 Å². The monoisotopic (exact) mass is 258 g/mol. The normalized spacial score (nSPS) is 10.5. The lowest BCUT2D eigenvalue weighted by molar-refractivity contribution is 0.0943. The average Bonchev–Trinajstić information content (AvgIpc) is 2.89. The minimum atomic E-state index is -0.0450. The molecule has 4 nitrogen and oxygen atoms in total. The van der Waals surface area contributed by atoms with Gasteiger partial charge in [-0.2, -0.15) is 0 Å². The van der Waals surface area contributed by atoms with E-state index in [2.05, 4.69) is 10.6 Å². The fourth-order valence-electron chi connectivity index (χ4n) is 1.68. The van der Waals surface area contributed by atoms with E-state index in [4.69, 9.17) is 4.42 Å². The van der Waals surface area contributed by atoms with Crippen LogP contribution in [0.15, 0.2) is 47.3 Å². The van der Waals surface area contributed by atoms with Gasteiger partial charge in [0.05, 0.1) is 12.5 Å². The zero-order valence-corrected chi connectivity index (χ0v) is 11.1. The van der Waals surface area contributed by atoms with Crippen LogP contribution in [0.25, 0.3) is 0 Å². The molecule has 0 spiro atoms. The Hall–Kier alpha value is -2.23. The van der Waals surface area contributed by atoms with Crippen molar-refractivity contribution in [1.29, 1.82) is 0 Å². The molecule has 0 atom stereocenters. The van der Waals surface area contributed by atoms with Crippen molar-refractivity contribution in [2.24, 2.45) is 0 Å². The molecule has 0 aliphatic carbocycles. The number of hydrogen-bond donors (Lipinski definition) is 2. The minimum Gasteiger partial charge on any atom is -0.472 e. The van der Waals surface area contributed by atoms with Crippen LogP contribution in [0.1, 0.15) is 29.8 Å². The van der Waals surface area contributed by atoms with Gasteiger partial charge in [0.2, 0.25) is 0 Å². The Labute approximate surface area is 112 Å². The molecule has 0 unspecified atom stereocenters. The third-order valence-electron chi connectivity index (χ3n) is 2.64. The van der Waals surface area contributed by atoms with E-state index >= 15 is 0 Å². The highest BCUT2D eigenvalue weighted by Crippen LogP contribution is 2.11. The quantitative estimate of drug-likeness (QED) is 0.866. The first-order valence-corrected chi connectivity index (χ1v) is 6.31. The van der Waals surface area contributed by atoms with Crippen LogP contribution in [-0.2, 0) is 6.54 Å². The van der Waals surface area contributed by atoms with Gasteiger partial charge in [-0.15, -0.1) is 0 Å². The molecule has 0 bridgehead atoms. The number of rotatable bonds is 5. The number of amides is 1. The van der Waals surface area contributed by atoms with Crippen LogP contribution in [0.2, 0.25) is 0 Å². The van der Waals surface area contributed by atoms with E-state index in [1.54, 1.807) is 12.5 Å². The van der Waals surface area contributed by atoms with Crippen LogP contribution in [-0.4, -0.2) is 11.9 Å². The number of nitrogens with one attached hydrogen (secondary N) is 2. The summed E-state index contributed by atoms with van der Waals surface area (Å²) in [5.41, 5.74) is 2.73. The molecule has 19 heavy (non-hydrogen) atoms. The maximum absolute atomic E-state index is 11.8. The standard InChI is InChI=1S/C15H18N2O2/c1-11(2)17-15(18)13-3-5-14(6-4-13)16-9-12-7-8-19-10-12/h3-8,10-11,16H,9H2,1-2H3,(H,17,18). The summed E-state index contributed by atoms with van der Waals surface area (Å²) in [6.45, 7) is 4.59. The van der Waals surface area contributed by atoms with Gasteiger partial charge in [0.25, 0.3) is 5.91 Å². The van der Waals surface area contributed by atoms with Gasteiger partial charge in [-0.25, -0.2) is 0 Å². The Morgan fingerprint density at radius 3 is 2.53 bits per heavy atom. The molecule has 2 aromatic rings. The summed E-state index contributed by atoms with van der Waals surface area (Å²) < 4.78 is 5.00. The van der Waals surface area contributed by atoms with Crippen molar-refractivity contribution < 1.29 is 9.21 Å². The lowest BCUT2D eigenvalue weighted by Crippen LogP contribution is -2.29. The van der Waals surface area contributed by atoms with Gasteiger partial charge in [0.1, 0.15) is 0 Å². The number of carbonyl (C=O) groups is 1. The molecule has 0 fully saturated rings. The topological polar surface area (TPSA) is 54.3 Å². The lowest BCUT2D eigenvalue weighted by Gasteiger charge is -2.09. The van der Waals surface area contributed by atoms with Crippen LogP contribution >= 0.6 is 0 Å². The Kier molecular flexibility index (Phi) is 4.23. The molecule has 1 aromatic carbocycles. The predicted molar refractivity (Wildman–Crippen MR) is 75.1 cm³/mol. The van der Waals surface area contributed by atoms with E-state index < -0.39 is 0 Å². The molecular weight excluding hydrogens is 240 g/mol. The first-order valence-electron chi connectivity index (χ1n) is 6.31. The second kappa shape index (κ2) is 6.09. The zero-order valence-electron chi connectivity index (χ0n) is 11.1. The van der Waals surface area contributed by atoms with Crippen LogP contribution < -0.4 is 10.6 Å². The molecule has 100 valence electrons. The van der Waals surface area contributed by atoms with Crippen molar-refractivity contribution in [2.75, 3.05) is 5.32 Å². The molecule has 1 aromatic heterocycles. The Morgan fingerprint density at radius 2 is 1.95 bits per heavy atom. The second-order valence-corrected chi connectivity index (χ2v) is 4.69. The smallest absolute Gasteiger partial charge is 0.251 e. The van der Waals surface area contributed by atoms with E-state index in [-0.39, 0.29) is 11.9 Å². The van der Waals surface area contributed by atoms with Crippen LogP contribution in [0, 0.1) is 0 Å². The maximum atomic E-state index is 11.8. The molecule has 2 N–H and O–H groups in total. The van der Waals surface area contributed by atoms with Crippen LogP contribution in [0.4, 0.5) is 5.69 Å². The highest BCUT2D eigenvalue weighted by Gasteiger charge is 2.06. The number of furan rings is 1. The van der Waals surface area contributed by atoms with Crippen molar-refractivity contribution in [3.8, 4) is 0 Å². The summed E-state index contributed by atoms with van der Waals surface area (Å²) in [7, 11) is 0. The summed E-state index contributed by atoms with van der Waals surface area (Å²) >= 11 is 0. The molecule has 1 amide bonds. The van der Waals surface area contributed by atoms with Gasteiger partial charge in [-0.3, -0.25) is 4.79 Å². The molecule has 0 aliphatic heterocycles. The minimum absolute atomic E-state index is 0.0450. The van der Waals surface area contributed by atoms with Crippen molar-refractivity contribution in [3.63, 3.8) is 0 Å². The largest absolute Gasteiger partial charge is 0.472 e. The molecule has 0 saturated heterocycles. The summed E-state index contributed by atoms with van der Waals surface area (Å²) in [5, 5.41) is 6.12. The fraction of sp³-hybridized carbons (Fsp3) is 0.267. The molecule has 1 heterocycles. The second-order valence-electron chi connectivity index (χ2n) is 4.69. The van der Waals surface area contributed by atoms with E-state index in [1.165, 1.54) is 0 Å². The van der Waals surface area contributed by atoms with E-state index in [1.807, 2.05) is 44.2 Å². The number of benzene rings is 1. The fourth-order valence-corrected chi connectivity index (χ4v) is 1.68. The molecular formula is C15H18N2O2. The van der Waals surface area contributed by atoms with Gasteiger partial charge in [-0.1, -0.05) is 0 Å². The molecule has 0 radical (unpaired) electrons. The third kappa shape index (κ3) is 3.88. The first kappa shape index (κ1) is 13.2. The molecule has 0 aliphatic rings. The summed E-state index contributed by atoms with van der Waals surface area (Å²) in [6, 6.07) is 9.49. The first-order chi connectivity index (χ1) is 9.15. The highest BCUT2D eigenvalue weighted by molar-refractivity contribution is 5.94. The highest BCUT2D eigenvalue weighted by atomic mass is 16.3.